The molecule has 0 radical (unpaired) electrons. The molecule has 1 heterocycles. The molecule has 0 spiro atoms. The van der Waals surface area contributed by atoms with Gasteiger partial charge in [0.2, 0.25) is 11.8 Å². The van der Waals surface area contributed by atoms with Gasteiger partial charge in [-0.25, -0.2) is 4.79 Å². The molecule has 178 valence electrons. The zero-order valence-electron chi connectivity index (χ0n) is 19.6. The van der Waals surface area contributed by atoms with E-state index in [1.165, 1.54) is 12.1 Å². The van der Waals surface area contributed by atoms with Crippen LogP contribution in [0.25, 0.3) is 0 Å². The Morgan fingerprint density at radius 2 is 1.66 bits per heavy atom. The lowest BCUT2D eigenvalue weighted by Gasteiger charge is -2.19. The molecule has 0 unspecified atom stereocenters. The highest BCUT2D eigenvalue weighted by Gasteiger charge is 2.35. The molecule has 1 N–H and O–H groups in total. The number of hydrogen-bond acceptors (Lipinski definition) is 5. The summed E-state index contributed by atoms with van der Waals surface area (Å²) >= 11 is 0. The van der Waals surface area contributed by atoms with E-state index < -0.39 is 11.9 Å². The Morgan fingerprint density at radius 3 is 2.37 bits per heavy atom. The minimum Gasteiger partial charge on any atom is -0.454 e. The van der Waals surface area contributed by atoms with Crippen molar-refractivity contribution >= 4 is 34.9 Å². The monoisotopic (exact) mass is 470 g/mol. The van der Waals surface area contributed by atoms with E-state index in [2.05, 4.69) is 5.32 Å². The molecule has 0 saturated carbocycles. The van der Waals surface area contributed by atoms with Gasteiger partial charge in [-0.3, -0.25) is 14.4 Å². The van der Waals surface area contributed by atoms with Crippen LogP contribution in [-0.4, -0.2) is 36.7 Å². The zero-order valence-corrected chi connectivity index (χ0v) is 19.6. The fourth-order valence-corrected chi connectivity index (χ4v) is 3.98. The maximum Gasteiger partial charge on any atom is 0.338 e. The van der Waals surface area contributed by atoms with Gasteiger partial charge in [0.25, 0.3) is 0 Å². The van der Waals surface area contributed by atoms with Crippen molar-refractivity contribution in [2.24, 2.45) is 5.92 Å². The van der Waals surface area contributed by atoms with Crippen LogP contribution < -0.4 is 10.2 Å². The maximum atomic E-state index is 12.8. The van der Waals surface area contributed by atoms with Crippen LogP contribution in [0, 0.1) is 19.8 Å². The van der Waals surface area contributed by atoms with Gasteiger partial charge in [0.1, 0.15) is 0 Å². The Labute approximate surface area is 203 Å². The van der Waals surface area contributed by atoms with E-state index in [9.17, 15) is 19.2 Å². The van der Waals surface area contributed by atoms with Crippen molar-refractivity contribution in [3.05, 3.63) is 95.1 Å². The largest absolute Gasteiger partial charge is 0.454 e. The number of Topliss-reactive ketones (excluding diaryl/α,β-unsaturated/α-hetero) is 1. The van der Waals surface area contributed by atoms with Crippen molar-refractivity contribution in [2.75, 3.05) is 23.4 Å². The van der Waals surface area contributed by atoms with E-state index in [1.54, 1.807) is 47.4 Å². The summed E-state index contributed by atoms with van der Waals surface area (Å²) in [4.78, 5) is 51.4. The summed E-state index contributed by atoms with van der Waals surface area (Å²) in [7, 11) is 0. The number of anilines is 2. The van der Waals surface area contributed by atoms with Crippen molar-refractivity contribution in [2.45, 2.75) is 20.3 Å². The quantitative estimate of drug-likeness (QED) is 0.410. The van der Waals surface area contributed by atoms with Crippen LogP contribution in [-0.2, 0) is 14.3 Å². The molecule has 1 aliphatic rings. The van der Waals surface area contributed by atoms with Gasteiger partial charge in [0.15, 0.2) is 12.4 Å². The van der Waals surface area contributed by atoms with E-state index >= 15 is 0 Å². The van der Waals surface area contributed by atoms with Crippen molar-refractivity contribution < 1.29 is 23.9 Å². The molecule has 1 saturated heterocycles. The molecule has 1 atom stereocenters. The van der Waals surface area contributed by atoms with Crippen LogP contribution in [0.4, 0.5) is 11.4 Å². The van der Waals surface area contributed by atoms with Gasteiger partial charge >= 0.3 is 5.97 Å². The molecule has 7 nitrogen and oxygen atoms in total. The van der Waals surface area contributed by atoms with Crippen molar-refractivity contribution in [1.29, 1.82) is 0 Å². The second-order valence-corrected chi connectivity index (χ2v) is 8.63. The summed E-state index contributed by atoms with van der Waals surface area (Å²) < 4.78 is 5.11. The Kier molecular flexibility index (Phi) is 7.06. The van der Waals surface area contributed by atoms with Gasteiger partial charge in [-0.05, 0) is 55.3 Å². The van der Waals surface area contributed by atoms with Gasteiger partial charge in [-0.2, -0.15) is 0 Å². The fraction of sp³-hybridized carbons (Fsp3) is 0.214. The molecule has 2 amide bonds. The average Bonchev–Trinajstić information content (AvgIpc) is 3.26. The number of nitrogens with zero attached hydrogens (tertiary/aromatic N) is 1. The lowest BCUT2D eigenvalue weighted by Crippen LogP contribution is -2.28. The Morgan fingerprint density at radius 1 is 0.943 bits per heavy atom. The number of benzene rings is 3. The summed E-state index contributed by atoms with van der Waals surface area (Å²) in [6, 6.07) is 20.7. The average molecular weight is 471 g/mol. The van der Waals surface area contributed by atoms with E-state index in [-0.39, 0.29) is 36.2 Å². The van der Waals surface area contributed by atoms with Gasteiger partial charge in [0.05, 0.1) is 11.5 Å². The maximum absolute atomic E-state index is 12.8. The molecule has 3 aromatic rings. The molecule has 0 aliphatic carbocycles. The van der Waals surface area contributed by atoms with Crippen LogP contribution in [0.2, 0.25) is 0 Å². The predicted molar refractivity (Wildman–Crippen MR) is 133 cm³/mol. The van der Waals surface area contributed by atoms with Crippen LogP contribution in [0.1, 0.15) is 38.3 Å². The van der Waals surface area contributed by atoms with Crippen molar-refractivity contribution in [3.63, 3.8) is 0 Å². The molecule has 4 rings (SSSR count). The highest BCUT2D eigenvalue weighted by Crippen LogP contribution is 2.29. The number of carbonyl (C=O) groups is 4. The first-order valence-electron chi connectivity index (χ1n) is 11.4. The molecule has 0 aromatic heterocycles. The van der Waals surface area contributed by atoms with E-state index in [4.69, 9.17) is 4.74 Å². The van der Waals surface area contributed by atoms with E-state index in [1.807, 2.05) is 32.0 Å². The zero-order chi connectivity index (χ0) is 24.9. The molecule has 7 heteroatoms. The molecule has 3 aromatic carbocycles. The van der Waals surface area contributed by atoms with Gasteiger partial charge in [-0.1, -0.05) is 42.5 Å². The van der Waals surface area contributed by atoms with E-state index in [0.29, 0.717) is 17.8 Å². The lowest BCUT2D eigenvalue weighted by atomic mass is 10.1. The van der Waals surface area contributed by atoms with Gasteiger partial charge in [-0.15, -0.1) is 0 Å². The predicted octanol–water partition coefficient (Wildman–Crippen LogP) is 4.33. The molecule has 1 aliphatic heterocycles. The molecule has 0 bridgehead atoms. The van der Waals surface area contributed by atoms with Gasteiger partial charge in [0, 0.05) is 29.9 Å². The normalized spacial score (nSPS) is 15.1. The summed E-state index contributed by atoms with van der Waals surface area (Å²) in [6.07, 6.45) is 0.138. The summed E-state index contributed by atoms with van der Waals surface area (Å²) in [5.74, 6) is -1.73. The summed E-state index contributed by atoms with van der Waals surface area (Å²) in [5, 5.41) is 2.82. The summed E-state index contributed by atoms with van der Waals surface area (Å²) in [5.41, 5.74) is 4.11. The van der Waals surface area contributed by atoms with Crippen LogP contribution in [0.5, 0.6) is 0 Å². The third-order valence-corrected chi connectivity index (χ3v) is 5.97. The first kappa shape index (κ1) is 23.9. The van der Waals surface area contributed by atoms with Crippen LogP contribution in [0.3, 0.4) is 0 Å². The first-order chi connectivity index (χ1) is 16.8. The molecular weight excluding hydrogens is 444 g/mol. The van der Waals surface area contributed by atoms with Gasteiger partial charge < -0.3 is 15.0 Å². The Hall–Kier alpha value is -4.26. The highest BCUT2D eigenvalue weighted by atomic mass is 16.5. The van der Waals surface area contributed by atoms with E-state index in [0.717, 1.165) is 16.8 Å². The summed E-state index contributed by atoms with van der Waals surface area (Å²) in [6.45, 7) is 3.87. The van der Waals surface area contributed by atoms with Crippen molar-refractivity contribution in [1.82, 2.24) is 0 Å². The number of carbonyl (C=O) groups excluding carboxylic acids is 4. The third kappa shape index (κ3) is 5.63. The Bertz CT molecular complexity index is 1270. The molecule has 35 heavy (non-hydrogen) atoms. The second kappa shape index (κ2) is 10.3. The fourth-order valence-electron chi connectivity index (χ4n) is 3.98. The number of esters is 1. The number of aryl methyl sites for hydroxylation is 2. The minimum absolute atomic E-state index is 0.0815. The number of ether oxygens (including phenoxy) is 1. The number of nitrogens with one attached hydrogen (secondary N) is 1. The smallest absolute Gasteiger partial charge is 0.338 e. The lowest BCUT2D eigenvalue weighted by molar-refractivity contribution is -0.122. The topological polar surface area (TPSA) is 92.8 Å². The number of rotatable bonds is 7. The minimum atomic E-state index is -0.627. The molecular formula is C28H26N2O5. The van der Waals surface area contributed by atoms with Crippen LogP contribution in [0.15, 0.2) is 72.8 Å². The number of hydrogen-bond donors (Lipinski definition) is 1. The SMILES string of the molecule is Cc1ccc(C)c(N2C[C@@H](C(=O)Nc3ccc(C(=O)OCC(=O)c4ccccc4)cc3)CC2=O)c1. The second-order valence-electron chi connectivity index (χ2n) is 8.63. The highest BCUT2D eigenvalue weighted by molar-refractivity contribution is 6.04. The van der Waals surface area contributed by atoms with Crippen LogP contribution >= 0.6 is 0 Å². The third-order valence-electron chi connectivity index (χ3n) is 5.97. The Balaban J connectivity index is 1.32. The number of ketones is 1. The molecule has 1 fully saturated rings. The standard InChI is InChI=1S/C28H26N2O5/c1-18-8-9-19(2)24(14-18)30-16-22(15-26(30)32)27(33)29-23-12-10-21(11-13-23)28(34)35-17-25(31)20-6-4-3-5-7-20/h3-14,22H,15-17H2,1-2H3,(H,29,33)/t22-/m0/s1. The number of amides is 2. The first-order valence-corrected chi connectivity index (χ1v) is 11.4. The van der Waals surface area contributed by atoms with Crippen molar-refractivity contribution in [3.8, 4) is 0 Å².